The first kappa shape index (κ1) is 12.6. The second-order valence-corrected chi connectivity index (χ2v) is 6.00. The summed E-state index contributed by atoms with van der Waals surface area (Å²) in [5, 5.41) is 0. The SMILES string of the molecule is NC1Cc2ccccc2N(C(=O)C2Cc3ccccc32)C1. The minimum Gasteiger partial charge on any atom is -0.326 e. The summed E-state index contributed by atoms with van der Waals surface area (Å²) in [6.45, 7) is 0.620. The maximum Gasteiger partial charge on any atom is 0.234 e. The predicted molar refractivity (Wildman–Crippen MR) is 83.4 cm³/mol. The Morgan fingerprint density at radius 2 is 1.71 bits per heavy atom. The molecule has 2 aromatic rings. The largest absolute Gasteiger partial charge is 0.326 e. The van der Waals surface area contributed by atoms with E-state index >= 15 is 0 Å². The highest BCUT2D eigenvalue weighted by Crippen LogP contribution is 2.38. The molecule has 1 aliphatic carbocycles. The Morgan fingerprint density at radius 1 is 1.00 bits per heavy atom. The first-order chi connectivity index (χ1) is 10.2. The second kappa shape index (κ2) is 4.71. The van der Waals surface area contributed by atoms with Gasteiger partial charge in [-0.2, -0.15) is 0 Å². The van der Waals surface area contributed by atoms with Crippen molar-refractivity contribution >= 4 is 11.6 Å². The van der Waals surface area contributed by atoms with Crippen LogP contribution in [0.25, 0.3) is 0 Å². The van der Waals surface area contributed by atoms with Crippen LogP contribution in [0, 0.1) is 0 Å². The van der Waals surface area contributed by atoms with Crippen molar-refractivity contribution in [3.63, 3.8) is 0 Å². The van der Waals surface area contributed by atoms with Gasteiger partial charge in [0.2, 0.25) is 5.91 Å². The van der Waals surface area contributed by atoms with Crippen molar-refractivity contribution in [1.82, 2.24) is 0 Å². The molecule has 1 heterocycles. The van der Waals surface area contributed by atoms with E-state index in [4.69, 9.17) is 5.73 Å². The molecule has 2 atom stereocenters. The highest BCUT2D eigenvalue weighted by molar-refractivity contribution is 6.00. The Balaban J connectivity index is 1.67. The van der Waals surface area contributed by atoms with Gasteiger partial charge < -0.3 is 10.6 Å². The monoisotopic (exact) mass is 278 g/mol. The van der Waals surface area contributed by atoms with E-state index in [-0.39, 0.29) is 17.9 Å². The van der Waals surface area contributed by atoms with Crippen LogP contribution in [0.2, 0.25) is 0 Å². The zero-order chi connectivity index (χ0) is 14.4. The van der Waals surface area contributed by atoms with Gasteiger partial charge in [0.1, 0.15) is 0 Å². The van der Waals surface area contributed by atoms with Crippen molar-refractivity contribution in [1.29, 1.82) is 0 Å². The standard InChI is InChI=1S/C18H18N2O/c19-14-9-13-6-2-4-8-17(13)20(11-14)18(21)16-10-12-5-1-3-7-15(12)16/h1-8,14,16H,9-11,19H2. The van der Waals surface area contributed by atoms with E-state index in [1.54, 1.807) is 0 Å². The van der Waals surface area contributed by atoms with Crippen LogP contribution in [0.1, 0.15) is 22.6 Å². The molecule has 0 bridgehead atoms. The molecule has 3 nitrogen and oxygen atoms in total. The van der Waals surface area contributed by atoms with E-state index in [9.17, 15) is 4.79 Å². The Bertz CT molecular complexity index is 710. The van der Waals surface area contributed by atoms with E-state index in [1.807, 2.05) is 35.2 Å². The van der Waals surface area contributed by atoms with E-state index in [0.29, 0.717) is 6.54 Å². The molecule has 2 aromatic carbocycles. The molecule has 0 aromatic heterocycles. The summed E-state index contributed by atoms with van der Waals surface area (Å²) in [6.07, 6.45) is 1.70. The van der Waals surface area contributed by atoms with Crippen LogP contribution in [0.15, 0.2) is 48.5 Å². The summed E-state index contributed by atoms with van der Waals surface area (Å²) >= 11 is 0. The lowest BCUT2D eigenvalue weighted by molar-refractivity contribution is -0.120. The van der Waals surface area contributed by atoms with Gasteiger partial charge in [-0.1, -0.05) is 42.5 Å². The first-order valence-corrected chi connectivity index (χ1v) is 7.46. The molecule has 21 heavy (non-hydrogen) atoms. The van der Waals surface area contributed by atoms with E-state index in [1.165, 1.54) is 16.7 Å². The molecule has 1 amide bonds. The van der Waals surface area contributed by atoms with Gasteiger partial charge in [0.15, 0.2) is 0 Å². The lowest BCUT2D eigenvalue weighted by Gasteiger charge is -2.38. The Morgan fingerprint density at radius 3 is 2.52 bits per heavy atom. The minimum atomic E-state index is -0.000411. The normalized spacial score (nSPS) is 23.0. The van der Waals surface area contributed by atoms with Gasteiger partial charge in [-0.05, 0) is 35.6 Å². The molecule has 3 heteroatoms. The average Bonchev–Trinajstić information content (AvgIpc) is 2.47. The fraction of sp³-hybridized carbons (Fsp3) is 0.278. The van der Waals surface area contributed by atoms with Crippen molar-refractivity contribution in [2.75, 3.05) is 11.4 Å². The number of fused-ring (bicyclic) bond motifs is 2. The molecule has 0 fully saturated rings. The van der Waals surface area contributed by atoms with E-state index in [2.05, 4.69) is 18.2 Å². The third-order valence-corrected chi connectivity index (χ3v) is 4.60. The molecule has 106 valence electrons. The van der Waals surface area contributed by atoms with Crippen LogP contribution >= 0.6 is 0 Å². The average molecular weight is 278 g/mol. The Hall–Kier alpha value is -2.13. The van der Waals surface area contributed by atoms with Crippen molar-refractivity contribution in [3.8, 4) is 0 Å². The zero-order valence-electron chi connectivity index (χ0n) is 11.8. The Kier molecular flexibility index (Phi) is 2.82. The van der Waals surface area contributed by atoms with Gasteiger partial charge in [0, 0.05) is 18.3 Å². The van der Waals surface area contributed by atoms with E-state index < -0.39 is 0 Å². The molecule has 0 spiro atoms. The lowest BCUT2D eigenvalue weighted by atomic mass is 9.76. The van der Waals surface area contributed by atoms with Gasteiger partial charge in [-0.25, -0.2) is 0 Å². The van der Waals surface area contributed by atoms with E-state index in [0.717, 1.165) is 18.5 Å². The predicted octanol–water partition coefficient (Wildman–Crippen LogP) is 2.24. The molecule has 4 rings (SSSR count). The van der Waals surface area contributed by atoms with Crippen LogP contribution < -0.4 is 10.6 Å². The summed E-state index contributed by atoms with van der Waals surface area (Å²) in [4.78, 5) is 14.8. The van der Waals surface area contributed by atoms with Crippen molar-refractivity contribution < 1.29 is 4.79 Å². The topological polar surface area (TPSA) is 46.3 Å². The first-order valence-electron chi connectivity index (χ1n) is 7.46. The number of hydrogen-bond donors (Lipinski definition) is 1. The van der Waals surface area contributed by atoms with Crippen molar-refractivity contribution in [2.45, 2.75) is 24.8 Å². The smallest absolute Gasteiger partial charge is 0.234 e. The highest BCUT2D eigenvalue weighted by atomic mass is 16.2. The molecule has 2 aliphatic rings. The summed E-state index contributed by atoms with van der Waals surface area (Å²) < 4.78 is 0. The zero-order valence-corrected chi connectivity index (χ0v) is 11.8. The molecule has 2 unspecified atom stereocenters. The van der Waals surface area contributed by atoms with Gasteiger partial charge in [-0.15, -0.1) is 0 Å². The maximum absolute atomic E-state index is 12.9. The molecule has 2 N–H and O–H groups in total. The fourth-order valence-electron chi connectivity index (χ4n) is 3.50. The number of carbonyl (C=O) groups excluding carboxylic acids is 1. The molecular formula is C18H18N2O. The van der Waals surface area contributed by atoms with Gasteiger partial charge in [0.05, 0.1) is 5.92 Å². The summed E-state index contributed by atoms with van der Waals surface area (Å²) in [5.41, 5.74) is 10.8. The molecule has 0 saturated carbocycles. The van der Waals surface area contributed by atoms with Gasteiger partial charge >= 0.3 is 0 Å². The quantitative estimate of drug-likeness (QED) is 0.869. The third kappa shape index (κ3) is 1.96. The van der Waals surface area contributed by atoms with Crippen molar-refractivity contribution in [2.24, 2.45) is 5.73 Å². The number of nitrogens with two attached hydrogens (primary N) is 1. The summed E-state index contributed by atoms with van der Waals surface area (Å²) in [6, 6.07) is 16.3. The number of amides is 1. The van der Waals surface area contributed by atoms with Gasteiger partial charge in [0.25, 0.3) is 0 Å². The third-order valence-electron chi connectivity index (χ3n) is 4.60. The van der Waals surface area contributed by atoms with Crippen molar-refractivity contribution in [3.05, 3.63) is 65.2 Å². The molecule has 1 aliphatic heterocycles. The molecule has 0 radical (unpaired) electrons. The molecule has 0 saturated heterocycles. The Labute approximate surface area is 124 Å². The highest BCUT2D eigenvalue weighted by Gasteiger charge is 2.37. The van der Waals surface area contributed by atoms with Crippen LogP contribution in [-0.2, 0) is 17.6 Å². The van der Waals surface area contributed by atoms with Gasteiger partial charge in [-0.3, -0.25) is 4.79 Å². The number of carbonyl (C=O) groups is 1. The number of benzene rings is 2. The van der Waals surface area contributed by atoms with Crippen LogP contribution in [-0.4, -0.2) is 18.5 Å². The van der Waals surface area contributed by atoms with Crippen LogP contribution in [0.3, 0.4) is 0 Å². The number of para-hydroxylation sites is 1. The maximum atomic E-state index is 12.9. The number of hydrogen-bond acceptors (Lipinski definition) is 2. The van der Waals surface area contributed by atoms with Crippen LogP contribution in [0.4, 0.5) is 5.69 Å². The fourth-order valence-corrected chi connectivity index (χ4v) is 3.50. The summed E-state index contributed by atoms with van der Waals surface area (Å²) in [7, 11) is 0. The van der Waals surface area contributed by atoms with Crippen LogP contribution in [0.5, 0.6) is 0 Å². The number of anilines is 1. The lowest BCUT2D eigenvalue weighted by Crippen LogP contribution is -2.49. The summed E-state index contributed by atoms with van der Waals surface area (Å²) in [5.74, 6) is 0.191. The minimum absolute atomic E-state index is 0.000411. The second-order valence-electron chi connectivity index (χ2n) is 6.00. The number of nitrogens with zero attached hydrogens (tertiary/aromatic N) is 1. The number of rotatable bonds is 1. The molecular weight excluding hydrogens is 260 g/mol.